The minimum Gasteiger partial charge on any atom is -0.459 e. The summed E-state index contributed by atoms with van der Waals surface area (Å²) in [6.07, 6.45) is 0.885. The lowest BCUT2D eigenvalue weighted by Gasteiger charge is -2.09. The molecule has 0 bridgehead atoms. The molecule has 7 heteroatoms. The van der Waals surface area contributed by atoms with E-state index >= 15 is 0 Å². The Labute approximate surface area is 101 Å². The van der Waals surface area contributed by atoms with Crippen molar-refractivity contribution in [2.24, 2.45) is 0 Å². The number of para-hydroxylation sites is 2. The fourth-order valence-corrected chi connectivity index (χ4v) is 1.22. The van der Waals surface area contributed by atoms with Gasteiger partial charge in [-0.1, -0.05) is 12.1 Å². The zero-order chi connectivity index (χ0) is 13.0. The van der Waals surface area contributed by atoms with Gasteiger partial charge in [-0.2, -0.15) is 4.98 Å². The highest BCUT2D eigenvalue weighted by molar-refractivity contribution is 5.41. The Hall–Kier alpha value is -2.44. The summed E-state index contributed by atoms with van der Waals surface area (Å²) >= 11 is 0. The molecule has 0 unspecified atom stereocenters. The molecule has 0 fully saturated rings. The van der Waals surface area contributed by atoms with Crippen LogP contribution in [-0.2, 0) is 0 Å². The molecule has 0 spiro atoms. The molecule has 0 saturated carbocycles. The number of aromatic nitrogens is 2. The maximum atomic E-state index is 12.9. The Morgan fingerprint density at radius 2 is 1.94 bits per heavy atom. The van der Waals surface area contributed by atoms with Gasteiger partial charge in [-0.05, 0) is 12.1 Å². The van der Waals surface area contributed by atoms with Crippen molar-refractivity contribution >= 4 is 5.82 Å². The molecule has 18 heavy (non-hydrogen) atoms. The van der Waals surface area contributed by atoms with Crippen LogP contribution in [0, 0.1) is 5.82 Å². The van der Waals surface area contributed by atoms with Crippen molar-refractivity contribution < 1.29 is 18.3 Å². The standard InChI is InChI=1S/C11H9F2N3O2/c12-6-17-8-3-1-2-4-9(8)18-11-15-5-7(13)10(14)16-11/h1-5H,6H2,(H2,14,15,16). The van der Waals surface area contributed by atoms with Crippen LogP contribution in [0.2, 0.25) is 0 Å². The Balaban J connectivity index is 2.25. The molecule has 0 aliphatic heterocycles. The highest BCUT2D eigenvalue weighted by atomic mass is 19.1. The molecule has 2 aromatic rings. The predicted molar refractivity (Wildman–Crippen MR) is 59.5 cm³/mol. The largest absolute Gasteiger partial charge is 0.459 e. The van der Waals surface area contributed by atoms with Crippen LogP contribution in [0.25, 0.3) is 0 Å². The number of alkyl halides is 1. The van der Waals surface area contributed by atoms with E-state index in [-0.39, 0.29) is 23.3 Å². The first-order valence-corrected chi connectivity index (χ1v) is 4.94. The molecular formula is C11H9F2N3O2. The lowest BCUT2D eigenvalue weighted by Crippen LogP contribution is -2.00. The van der Waals surface area contributed by atoms with Gasteiger partial charge in [0.15, 0.2) is 23.1 Å². The molecule has 0 amide bonds. The molecule has 0 saturated heterocycles. The van der Waals surface area contributed by atoms with E-state index in [4.69, 9.17) is 15.2 Å². The predicted octanol–water partition coefficient (Wildman–Crippen LogP) is 2.30. The second kappa shape index (κ2) is 5.26. The first-order chi connectivity index (χ1) is 8.70. The minimum absolute atomic E-state index is 0.149. The van der Waals surface area contributed by atoms with Gasteiger partial charge in [-0.25, -0.2) is 13.8 Å². The van der Waals surface area contributed by atoms with Gasteiger partial charge < -0.3 is 15.2 Å². The Kier molecular flexibility index (Phi) is 3.52. The summed E-state index contributed by atoms with van der Waals surface area (Å²) < 4.78 is 34.9. The Morgan fingerprint density at radius 3 is 2.61 bits per heavy atom. The number of hydrogen-bond acceptors (Lipinski definition) is 5. The number of benzene rings is 1. The molecule has 0 radical (unpaired) electrons. The normalized spacial score (nSPS) is 10.1. The van der Waals surface area contributed by atoms with E-state index in [0.717, 1.165) is 6.20 Å². The number of ether oxygens (including phenoxy) is 2. The van der Waals surface area contributed by atoms with Crippen LogP contribution in [0.5, 0.6) is 17.5 Å². The van der Waals surface area contributed by atoms with Crippen molar-refractivity contribution in [2.75, 3.05) is 12.6 Å². The third-order valence-electron chi connectivity index (χ3n) is 2.01. The molecular weight excluding hydrogens is 244 g/mol. The van der Waals surface area contributed by atoms with E-state index in [0.29, 0.717) is 0 Å². The number of nitrogens with two attached hydrogens (primary N) is 1. The molecule has 0 aliphatic carbocycles. The molecule has 1 aromatic carbocycles. The first kappa shape index (κ1) is 12.0. The Morgan fingerprint density at radius 1 is 1.22 bits per heavy atom. The molecule has 5 nitrogen and oxygen atoms in total. The fourth-order valence-electron chi connectivity index (χ4n) is 1.22. The van der Waals surface area contributed by atoms with Gasteiger partial charge in [0.25, 0.3) is 0 Å². The fraction of sp³-hybridized carbons (Fsp3) is 0.0909. The van der Waals surface area contributed by atoms with Crippen LogP contribution in [-0.4, -0.2) is 16.8 Å². The van der Waals surface area contributed by atoms with Gasteiger partial charge >= 0.3 is 6.01 Å². The van der Waals surface area contributed by atoms with Crippen LogP contribution in [0.15, 0.2) is 30.5 Å². The SMILES string of the molecule is Nc1nc(Oc2ccccc2OCF)ncc1F. The second-order valence-corrected chi connectivity index (χ2v) is 3.19. The van der Waals surface area contributed by atoms with Crippen LogP contribution < -0.4 is 15.2 Å². The van der Waals surface area contributed by atoms with Crippen molar-refractivity contribution in [1.82, 2.24) is 9.97 Å². The summed E-state index contributed by atoms with van der Waals surface area (Å²) in [5.74, 6) is -0.674. The molecule has 2 rings (SSSR count). The molecule has 94 valence electrons. The first-order valence-electron chi connectivity index (χ1n) is 4.94. The molecule has 0 atom stereocenters. The van der Waals surface area contributed by atoms with Crippen LogP contribution >= 0.6 is 0 Å². The number of anilines is 1. The number of hydrogen-bond donors (Lipinski definition) is 1. The van der Waals surface area contributed by atoms with Crippen LogP contribution in [0.1, 0.15) is 0 Å². The minimum atomic E-state index is -0.993. The molecule has 0 aliphatic rings. The monoisotopic (exact) mass is 253 g/mol. The number of halogens is 2. The van der Waals surface area contributed by atoms with E-state index < -0.39 is 12.7 Å². The maximum absolute atomic E-state index is 12.9. The van der Waals surface area contributed by atoms with E-state index in [1.54, 1.807) is 12.1 Å². The third-order valence-corrected chi connectivity index (χ3v) is 2.01. The van der Waals surface area contributed by atoms with Gasteiger partial charge in [0.05, 0.1) is 6.20 Å². The summed E-state index contributed by atoms with van der Waals surface area (Å²) in [5, 5.41) is 0. The summed E-state index contributed by atoms with van der Waals surface area (Å²) in [4.78, 5) is 7.19. The smallest absolute Gasteiger partial charge is 0.324 e. The van der Waals surface area contributed by atoms with Gasteiger partial charge in [0, 0.05) is 0 Å². The maximum Gasteiger partial charge on any atom is 0.324 e. The summed E-state index contributed by atoms with van der Waals surface area (Å²) in [6, 6.07) is 6.21. The molecule has 1 aromatic heterocycles. The zero-order valence-corrected chi connectivity index (χ0v) is 9.14. The topological polar surface area (TPSA) is 70.3 Å². The quantitative estimate of drug-likeness (QED) is 0.905. The van der Waals surface area contributed by atoms with E-state index in [1.807, 2.05) is 0 Å². The number of nitrogens with zero attached hydrogens (tertiary/aromatic N) is 2. The summed E-state index contributed by atoms with van der Waals surface area (Å²) in [5.41, 5.74) is 5.27. The van der Waals surface area contributed by atoms with E-state index in [9.17, 15) is 8.78 Å². The van der Waals surface area contributed by atoms with Crippen LogP contribution in [0.4, 0.5) is 14.6 Å². The van der Waals surface area contributed by atoms with Crippen molar-refractivity contribution in [1.29, 1.82) is 0 Å². The highest BCUT2D eigenvalue weighted by Gasteiger charge is 2.09. The van der Waals surface area contributed by atoms with Gasteiger partial charge in [0.1, 0.15) is 0 Å². The average Bonchev–Trinajstić information content (AvgIpc) is 2.37. The second-order valence-electron chi connectivity index (χ2n) is 3.19. The lowest BCUT2D eigenvalue weighted by molar-refractivity contribution is 0.186. The lowest BCUT2D eigenvalue weighted by atomic mass is 10.3. The van der Waals surface area contributed by atoms with Crippen molar-refractivity contribution in [3.05, 3.63) is 36.3 Å². The summed E-state index contributed by atoms with van der Waals surface area (Å²) in [6.45, 7) is -0.993. The van der Waals surface area contributed by atoms with Crippen molar-refractivity contribution in [3.63, 3.8) is 0 Å². The average molecular weight is 253 g/mol. The number of rotatable bonds is 4. The van der Waals surface area contributed by atoms with Gasteiger partial charge in [0.2, 0.25) is 6.86 Å². The summed E-state index contributed by atoms with van der Waals surface area (Å²) in [7, 11) is 0. The van der Waals surface area contributed by atoms with E-state index in [1.165, 1.54) is 12.1 Å². The zero-order valence-electron chi connectivity index (χ0n) is 9.14. The highest BCUT2D eigenvalue weighted by Crippen LogP contribution is 2.29. The van der Waals surface area contributed by atoms with Gasteiger partial charge in [-0.3, -0.25) is 0 Å². The van der Waals surface area contributed by atoms with Gasteiger partial charge in [-0.15, -0.1) is 0 Å². The Bertz CT molecular complexity index is 552. The van der Waals surface area contributed by atoms with Crippen LogP contribution in [0.3, 0.4) is 0 Å². The molecule has 1 heterocycles. The van der Waals surface area contributed by atoms with Crippen molar-refractivity contribution in [3.8, 4) is 17.5 Å². The number of nitrogen functional groups attached to an aromatic ring is 1. The third kappa shape index (κ3) is 2.62. The molecule has 2 N–H and O–H groups in total. The van der Waals surface area contributed by atoms with Crippen molar-refractivity contribution in [2.45, 2.75) is 0 Å². The van der Waals surface area contributed by atoms with E-state index in [2.05, 4.69) is 9.97 Å².